The molecule has 1 fully saturated rings. The van der Waals surface area contributed by atoms with E-state index >= 15 is 0 Å². The highest BCUT2D eigenvalue weighted by Crippen LogP contribution is 2.31. The quantitative estimate of drug-likeness (QED) is 0.781. The average molecular weight is 304 g/mol. The van der Waals surface area contributed by atoms with Crippen LogP contribution in [0.15, 0.2) is 30.3 Å². The molecule has 2 rings (SSSR count). The van der Waals surface area contributed by atoms with E-state index < -0.39 is 24.0 Å². The van der Waals surface area contributed by atoms with Crippen molar-refractivity contribution >= 4 is 17.7 Å². The molecule has 118 valence electrons. The zero-order valence-corrected chi connectivity index (χ0v) is 12.8. The minimum atomic E-state index is -1.07. The molecule has 1 saturated carbocycles. The highest BCUT2D eigenvalue weighted by Gasteiger charge is 2.34. The third kappa shape index (κ3) is 3.72. The molecule has 0 saturated heterocycles. The normalized spacial score (nSPS) is 20.3. The van der Waals surface area contributed by atoms with Crippen molar-refractivity contribution in [3.05, 3.63) is 35.9 Å². The highest BCUT2D eigenvalue weighted by atomic mass is 16.6. The number of hydrogen-bond acceptors (Lipinski definition) is 5. The number of benzene rings is 1. The zero-order chi connectivity index (χ0) is 16.1. The van der Waals surface area contributed by atoms with Crippen LogP contribution < -0.4 is 0 Å². The first-order valence-corrected chi connectivity index (χ1v) is 7.38. The van der Waals surface area contributed by atoms with Gasteiger partial charge in [-0.2, -0.15) is 0 Å². The fraction of sp³-hybridized carbons (Fsp3) is 0.471. The largest absolute Gasteiger partial charge is 0.466 e. The van der Waals surface area contributed by atoms with Crippen LogP contribution in [0.5, 0.6) is 0 Å². The van der Waals surface area contributed by atoms with Crippen molar-refractivity contribution in [1.29, 1.82) is 0 Å². The molecule has 1 aromatic carbocycles. The average Bonchev–Trinajstić information content (AvgIpc) is 2.98. The Bertz CT molecular complexity index is 551. The Morgan fingerprint density at radius 2 is 1.86 bits per heavy atom. The molecule has 0 bridgehead atoms. The summed E-state index contributed by atoms with van der Waals surface area (Å²) in [6.07, 6.45) is 0.549. The number of carbonyl (C=O) groups is 3. The Morgan fingerprint density at radius 3 is 2.41 bits per heavy atom. The second-order valence-electron chi connectivity index (χ2n) is 5.58. The van der Waals surface area contributed by atoms with Gasteiger partial charge < -0.3 is 9.47 Å². The maximum Gasteiger partial charge on any atom is 0.351 e. The molecule has 0 aliphatic heterocycles. The van der Waals surface area contributed by atoms with Gasteiger partial charge >= 0.3 is 11.9 Å². The molecule has 0 aromatic heterocycles. The number of methoxy groups -OCH3 is 1. The number of hydrogen-bond donors (Lipinski definition) is 0. The first-order valence-electron chi connectivity index (χ1n) is 7.38. The van der Waals surface area contributed by atoms with Gasteiger partial charge in [0.1, 0.15) is 5.78 Å². The van der Waals surface area contributed by atoms with Crippen LogP contribution in [0.25, 0.3) is 0 Å². The van der Waals surface area contributed by atoms with E-state index in [4.69, 9.17) is 9.47 Å². The number of esters is 2. The number of Topliss-reactive ketones (excluding diaryl/α,β-unsaturated/α-hetero) is 1. The summed E-state index contributed by atoms with van der Waals surface area (Å²) < 4.78 is 10.1. The highest BCUT2D eigenvalue weighted by molar-refractivity contribution is 5.84. The number of rotatable bonds is 5. The minimum Gasteiger partial charge on any atom is -0.466 e. The van der Waals surface area contributed by atoms with Crippen molar-refractivity contribution in [2.24, 2.45) is 11.8 Å². The van der Waals surface area contributed by atoms with Crippen LogP contribution in [-0.2, 0) is 23.9 Å². The third-order valence-electron chi connectivity index (χ3n) is 4.11. The Kier molecular flexibility index (Phi) is 5.31. The summed E-state index contributed by atoms with van der Waals surface area (Å²) in [4.78, 5) is 35.5. The molecule has 22 heavy (non-hydrogen) atoms. The molecule has 0 N–H and O–H groups in total. The summed E-state index contributed by atoms with van der Waals surface area (Å²) in [5, 5.41) is 0. The molecule has 0 heterocycles. The summed E-state index contributed by atoms with van der Waals surface area (Å²) in [5.41, 5.74) is 0.567. The molecule has 1 aliphatic carbocycles. The fourth-order valence-electron chi connectivity index (χ4n) is 2.67. The van der Waals surface area contributed by atoms with E-state index in [-0.39, 0.29) is 11.7 Å². The molecular weight excluding hydrogens is 284 g/mol. The van der Waals surface area contributed by atoms with Gasteiger partial charge in [0.2, 0.25) is 6.10 Å². The summed E-state index contributed by atoms with van der Waals surface area (Å²) >= 11 is 0. The molecule has 0 unspecified atom stereocenters. The van der Waals surface area contributed by atoms with Crippen molar-refractivity contribution in [2.75, 3.05) is 7.11 Å². The van der Waals surface area contributed by atoms with Crippen molar-refractivity contribution in [2.45, 2.75) is 32.3 Å². The number of carbonyl (C=O) groups excluding carboxylic acids is 3. The first-order chi connectivity index (χ1) is 10.5. The molecule has 3 atom stereocenters. The van der Waals surface area contributed by atoms with Crippen molar-refractivity contribution in [1.82, 2.24) is 0 Å². The Labute approximate surface area is 129 Å². The number of ketones is 1. The van der Waals surface area contributed by atoms with Crippen molar-refractivity contribution < 1.29 is 23.9 Å². The van der Waals surface area contributed by atoms with Gasteiger partial charge in [-0.15, -0.1) is 0 Å². The molecule has 0 radical (unpaired) electrons. The molecule has 5 nitrogen and oxygen atoms in total. The van der Waals surface area contributed by atoms with E-state index in [1.807, 2.05) is 6.07 Å². The maximum atomic E-state index is 12.3. The smallest absolute Gasteiger partial charge is 0.351 e. The first kappa shape index (κ1) is 16.2. The van der Waals surface area contributed by atoms with E-state index in [1.165, 1.54) is 7.11 Å². The predicted octanol–water partition coefficient (Wildman–Crippen LogP) is 2.45. The fourth-order valence-corrected chi connectivity index (χ4v) is 2.67. The molecule has 5 heteroatoms. The van der Waals surface area contributed by atoms with Gasteiger partial charge in [0.05, 0.1) is 13.0 Å². The summed E-state index contributed by atoms with van der Waals surface area (Å²) in [7, 11) is 1.26. The molecular formula is C17H20O5. The lowest BCUT2D eigenvalue weighted by atomic mass is 9.92. The number of ether oxygens (including phenoxy) is 2. The SMILES string of the molecule is COC(=O)[C@H](OC(=O)[C@H](C)[C@H]1CCC(=O)C1)c1ccccc1. The summed E-state index contributed by atoms with van der Waals surface area (Å²) in [6.45, 7) is 1.74. The van der Waals surface area contributed by atoms with Gasteiger partial charge in [-0.3, -0.25) is 9.59 Å². The van der Waals surface area contributed by atoms with E-state index in [9.17, 15) is 14.4 Å². The van der Waals surface area contributed by atoms with Crippen LogP contribution in [-0.4, -0.2) is 24.8 Å². The van der Waals surface area contributed by atoms with Crippen molar-refractivity contribution in [3.63, 3.8) is 0 Å². The minimum absolute atomic E-state index is 0.00549. The lowest BCUT2D eigenvalue weighted by molar-refractivity contribution is -0.170. The molecule has 1 aliphatic rings. The van der Waals surface area contributed by atoms with Gasteiger partial charge in [-0.05, 0) is 12.3 Å². The molecule has 0 amide bonds. The van der Waals surface area contributed by atoms with Crippen LogP contribution in [0.4, 0.5) is 0 Å². The maximum absolute atomic E-state index is 12.3. The van der Waals surface area contributed by atoms with E-state index in [0.29, 0.717) is 24.8 Å². The van der Waals surface area contributed by atoms with Crippen LogP contribution in [0.3, 0.4) is 0 Å². The Balaban J connectivity index is 2.08. The van der Waals surface area contributed by atoms with Gasteiger partial charge in [-0.25, -0.2) is 4.79 Å². The zero-order valence-electron chi connectivity index (χ0n) is 12.8. The van der Waals surface area contributed by atoms with Crippen LogP contribution in [0.2, 0.25) is 0 Å². The standard InChI is InChI=1S/C17H20O5/c1-11(13-8-9-14(18)10-13)16(19)22-15(17(20)21-2)12-6-4-3-5-7-12/h3-7,11,13,15H,8-10H2,1-2H3/t11-,13+,15-/m1/s1. The van der Waals surface area contributed by atoms with Crippen LogP contribution in [0.1, 0.15) is 37.9 Å². The topological polar surface area (TPSA) is 69.7 Å². The van der Waals surface area contributed by atoms with E-state index in [0.717, 1.165) is 0 Å². The molecule has 1 aromatic rings. The van der Waals surface area contributed by atoms with Crippen LogP contribution in [0, 0.1) is 11.8 Å². The van der Waals surface area contributed by atoms with Crippen LogP contribution >= 0.6 is 0 Å². The summed E-state index contributed by atoms with van der Waals surface area (Å²) in [5.74, 6) is -1.33. The Hall–Kier alpha value is -2.17. The third-order valence-corrected chi connectivity index (χ3v) is 4.11. The van der Waals surface area contributed by atoms with Crippen molar-refractivity contribution in [3.8, 4) is 0 Å². The lowest BCUT2D eigenvalue weighted by Gasteiger charge is -2.21. The van der Waals surface area contributed by atoms with Gasteiger partial charge in [0, 0.05) is 18.4 Å². The molecule has 0 spiro atoms. The van der Waals surface area contributed by atoms with E-state index in [2.05, 4.69) is 0 Å². The summed E-state index contributed by atoms with van der Waals surface area (Å²) in [6, 6.07) is 8.75. The van der Waals surface area contributed by atoms with Gasteiger partial charge in [0.25, 0.3) is 0 Å². The van der Waals surface area contributed by atoms with Gasteiger partial charge in [0.15, 0.2) is 0 Å². The second kappa shape index (κ2) is 7.20. The van der Waals surface area contributed by atoms with E-state index in [1.54, 1.807) is 31.2 Å². The Morgan fingerprint density at radius 1 is 1.18 bits per heavy atom. The second-order valence-corrected chi connectivity index (χ2v) is 5.58. The van der Waals surface area contributed by atoms with Gasteiger partial charge in [-0.1, -0.05) is 37.3 Å². The predicted molar refractivity (Wildman–Crippen MR) is 78.8 cm³/mol. The lowest BCUT2D eigenvalue weighted by Crippen LogP contribution is -2.27. The monoisotopic (exact) mass is 304 g/mol.